The Morgan fingerprint density at radius 1 is 1.20 bits per heavy atom. The fraction of sp³-hybridized carbons (Fsp3) is 0.562. The molecule has 0 aliphatic carbocycles. The number of ether oxygens (including phenoxy) is 1. The molecule has 0 saturated carbocycles. The Kier molecular flexibility index (Phi) is 5.28. The van der Waals surface area contributed by atoms with Gasteiger partial charge in [0.1, 0.15) is 11.2 Å². The summed E-state index contributed by atoms with van der Waals surface area (Å²) in [5, 5.41) is 0. The number of carbonyl (C=O) groups is 1. The van der Waals surface area contributed by atoms with Gasteiger partial charge in [-0.15, -0.1) is 0 Å². The molecule has 1 atom stereocenters. The summed E-state index contributed by atoms with van der Waals surface area (Å²) < 4.78 is 18.0. The molecule has 0 heterocycles. The molecular weight excluding hydrogens is 257 g/mol. The monoisotopic (exact) mass is 281 g/mol. The molecule has 1 aromatic rings. The largest absolute Gasteiger partial charge is 0.468 e. The molecule has 0 radical (unpaired) electrons. The van der Waals surface area contributed by atoms with Crippen molar-refractivity contribution in [1.29, 1.82) is 0 Å². The minimum Gasteiger partial charge on any atom is -0.468 e. The van der Waals surface area contributed by atoms with Crippen molar-refractivity contribution in [1.82, 2.24) is 0 Å². The van der Waals surface area contributed by atoms with E-state index in [1.165, 1.54) is 19.2 Å². The first-order chi connectivity index (χ1) is 9.25. The molecule has 0 fully saturated rings. The maximum Gasteiger partial charge on any atom is 0.317 e. The Morgan fingerprint density at radius 3 is 2.15 bits per heavy atom. The van der Waals surface area contributed by atoms with E-state index in [2.05, 4.69) is 20.8 Å². The molecule has 0 aliphatic rings. The van der Waals surface area contributed by atoms with Crippen molar-refractivity contribution in [2.24, 2.45) is 11.1 Å². The maximum atomic E-state index is 13.1. The zero-order valence-corrected chi connectivity index (χ0v) is 12.7. The van der Waals surface area contributed by atoms with Crippen molar-refractivity contribution in [3.05, 3.63) is 35.6 Å². The number of nitrogens with two attached hydrogens (primary N) is 1. The predicted molar refractivity (Wildman–Crippen MR) is 77.8 cm³/mol. The number of halogens is 1. The van der Waals surface area contributed by atoms with E-state index in [-0.39, 0.29) is 23.7 Å². The van der Waals surface area contributed by atoms with E-state index in [4.69, 9.17) is 10.5 Å². The molecule has 0 saturated heterocycles. The first-order valence-corrected chi connectivity index (χ1v) is 6.80. The smallest absolute Gasteiger partial charge is 0.317 e. The Hall–Kier alpha value is -1.42. The maximum absolute atomic E-state index is 13.1. The van der Waals surface area contributed by atoms with E-state index in [0.717, 1.165) is 6.42 Å². The van der Waals surface area contributed by atoms with Crippen LogP contribution in [0.2, 0.25) is 0 Å². The molecule has 2 N–H and O–H groups in total. The Balaban J connectivity index is 3.17. The molecule has 20 heavy (non-hydrogen) atoms. The van der Waals surface area contributed by atoms with Gasteiger partial charge in [-0.05, 0) is 36.0 Å². The molecular formula is C16H24FNO2. The van der Waals surface area contributed by atoms with Gasteiger partial charge in [-0.25, -0.2) is 4.39 Å². The van der Waals surface area contributed by atoms with Crippen molar-refractivity contribution in [2.75, 3.05) is 13.7 Å². The van der Waals surface area contributed by atoms with Crippen molar-refractivity contribution in [3.8, 4) is 0 Å². The molecule has 3 nitrogen and oxygen atoms in total. The summed E-state index contributed by atoms with van der Waals surface area (Å²) in [5.74, 6) is -0.698. The van der Waals surface area contributed by atoms with Crippen molar-refractivity contribution in [2.45, 2.75) is 39.0 Å². The number of carbonyl (C=O) groups excluding carboxylic acids is 1. The molecule has 1 aromatic carbocycles. The van der Waals surface area contributed by atoms with Gasteiger partial charge in [0.05, 0.1) is 7.11 Å². The highest BCUT2D eigenvalue weighted by molar-refractivity contribution is 5.83. The van der Waals surface area contributed by atoms with Gasteiger partial charge < -0.3 is 10.5 Å². The lowest BCUT2D eigenvalue weighted by molar-refractivity contribution is -0.147. The van der Waals surface area contributed by atoms with E-state index in [1.807, 2.05) is 0 Å². The van der Waals surface area contributed by atoms with Crippen LogP contribution in [0.3, 0.4) is 0 Å². The van der Waals surface area contributed by atoms with Gasteiger partial charge in [0.2, 0.25) is 0 Å². The lowest BCUT2D eigenvalue weighted by atomic mass is 9.73. The van der Waals surface area contributed by atoms with Gasteiger partial charge in [-0.3, -0.25) is 4.79 Å². The third-order valence-electron chi connectivity index (χ3n) is 3.62. The molecule has 0 aromatic heterocycles. The lowest BCUT2D eigenvalue weighted by Crippen LogP contribution is -2.44. The van der Waals surface area contributed by atoms with Crippen LogP contribution in [-0.4, -0.2) is 19.6 Å². The van der Waals surface area contributed by atoms with Crippen molar-refractivity contribution < 1.29 is 13.9 Å². The van der Waals surface area contributed by atoms with Gasteiger partial charge >= 0.3 is 5.97 Å². The van der Waals surface area contributed by atoms with Crippen molar-refractivity contribution >= 4 is 5.97 Å². The average Bonchev–Trinajstić information content (AvgIpc) is 2.40. The second kappa shape index (κ2) is 6.35. The van der Waals surface area contributed by atoms with Gasteiger partial charge in [0.25, 0.3) is 0 Å². The van der Waals surface area contributed by atoms with Crippen LogP contribution in [0, 0.1) is 11.2 Å². The van der Waals surface area contributed by atoms with Crippen LogP contribution in [0.25, 0.3) is 0 Å². The zero-order chi connectivity index (χ0) is 15.4. The molecule has 0 spiro atoms. The molecule has 0 aliphatic heterocycles. The first kappa shape index (κ1) is 16.6. The average molecular weight is 281 g/mol. The third kappa shape index (κ3) is 3.79. The van der Waals surface area contributed by atoms with Gasteiger partial charge in [0.15, 0.2) is 0 Å². The second-order valence-electron chi connectivity index (χ2n) is 6.35. The fourth-order valence-corrected chi connectivity index (χ4v) is 2.22. The summed E-state index contributed by atoms with van der Waals surface area (Å²) in [6.07, 6.45) is 1.39. The molecule has 1 unspecified atom stereocenters. The number of methoxy groups -OCH3 is 1. The highest BCUT2D eigenvalue weighted by Crippen LogP contribution is 2.34. The number of hydrogen-bond acceptors (Lipinski definition) is 3. The van der Waals surface area contributed by atoms with Crippen LogP contribution < -0.4 is 5.73 Å². The lowest BCUT2D eigenvalue weighted by Gasteiger charge is -2.33. The number of hydrogen-bond donors (Lipinski definition) is 1. The number of rotatable bonds is 5. The number of esters is 1. The molecule has 0 amide bonds. The van der Waals surface area contributed by atoms with Gasteiger partial charge in [-0.1, -0.05) is 32.9 Å². The molecule has 0 bridgehead atoms. The minimum atomic E-state index is -0.907. The quantitative estimate of drug-likeness (QED) is 0.844. The summed E-state index contributed by atoms with van der Waals surface area (Å²) in [4.78, 5) is 12.3. The van der Waals surface area contributed by atoms with E-state index < -0.39 is 5.41 Å². The summed E-state index contributed by atoms with van der Waals surface area (Å²) in [6, 6.07) is 5.92. The van der Waals surface area contributed by atoms with Crippen LogP contribution >= 0.6 is 0 Å². The van der Waals surface area contributed by atoms with E-state index in [1.54, 1.807) is 12.1 Å². The summed E-state index contributed by atoms with van der Waals surface area (Å²) >= 11 is 0. The SMILES string of the molecule is COC(=O)C(CN)(CCC(C)(C)C)c1ccc(F)cc1. The van der Waals surface area contributed by atoms with E-state index >= 15 is 0 Å². The predicted octanol–water partition coefficient (Wildman–Crippen LogP) is 3.02. The summed E-state index contributed by atoms with van der Waals surface area (Å²) in [7, 11) is 1.35. The molecule has 4 heteroatoms. The topological polar surface area (TPSA) is 52.3 Å². The normalized spacial score (nSPS) is 14.7. The number of benzene rings is 1. The zero-order valence-electron chi connectivity index (χ0n) is 12.7. The molecule has 112 valence electrons. The van der Waals surface area contributed by atoms with Crippen LogP contribution in [0.1, 0.15) is 39.2 Å². The van der Waals surface area contributed by atoms with Crippen LogP contribution in [0.4, 0.5) is 4.39 Å². The Morgan fingerprint density at radius 2 is 1.75 bits per heavy atom. The minimum absolute atomic E-state index is 0.0778. The van der Waals surface area contributed by atoms with Gasteiger partial charge in [-0.2, -0.15) is 0 Å². The van der Waals surface area contributed by atoms with Gasteiger partial charge in [0, 0.05) is 6.54 Å². The second-order valence-corrected chi connectivity index (χ2v) is 6.35. The van der Waals surface area contributed by atoms with Crippen LogP contribution in [-0.2, 0) is 14.9 Å². The summed E-state index contributed by atoms with van der Waals surface area (Å²) in [5.41, 5.74) is 5.77. The highest BCUT2D eigenvalue weighted by atomic mass is 19.1. The fourth-order valence-electron chi connectivity index (χ4n) is 2.22. The molecule has 1 rings (SSSR count). The highest BCUT2D eigenvalue weighted by Gasteiger charge is 2.40. The van der Waals surface area contributed by atoms with E-state index in [9.17, 15) is 9.18 Å². The standard InChI is InChI=1S/C16H24FNO2/c1-15(2,3)9-10-16(11-18,14(19)20-4)12-5-7-13(17)8-6-12/h5-8H,9-11,18H2,1-4H3. The first-order valence-electron chi connectivity index (χ1n) is 6.80. The Bertz CT molecular complexity index is 451. The van der Waals surface area contributed by atoms with Crippen LogP contribution in [0.15, 0.2) is 24.3 Å². The van der Waals surface area contributed by atoms with Crippen LogP contribution in [0.5, 0.6) is 0 Å². The Labute approximate surface area is 120 Å². The third-order valence-corrected chi connectivity index (χ3v) is 3.62. The van der Waals surface area contributed by atoms with Crippen molar-refractivity contribution in [3.63, 3.8) is 0 Å². The van der Waals surface area contributed by atoms with E-state index in [0.29, 0.717) is 12.0 Å². The summed E-state index contributed by atoms with van der Waals surface area (Å²) in [6.45, 7) is 6.46.